The molecule has 25 heavy (non-hydrogen) atoms. The fourth-order valence-electron chi connectivity index (χ4n) is 2.85. The van der Waals surface area contributed by atoms with E-state index in [1.54, 1.807) is 0 Å². The molecule has 6 heteroatoms. The number of benzene rings is 2. The quantitative estimate of drug-likeness (QED) is 0.767. The van der Waals surface area contributed by atoms with Crippen molar-refractivity contribution >= 4 is 17.2 Å². The molecule has 2 N–H and O–H groups in total. The Morgan fingerprint density at radius 2 is 2.08 bits per heavy atom. The first-order chi connectivity index (χ1) is 12.2. The molecule has 4 rings (SSSR count). The maximum atomic E-state index is 11.1. The third-order valence-corrected chi connectivity index (χ3v) is 4.97. The van der Waals surface area contributed by atoms with Crippen LogP contribution in [0.1, 0.15) is 33.3 Å². The molecular weight excluding hydrogens is 336 g/mol. The topological polar surface area (TPSA) is 74.4 Å². The van der Waals surface area contributed by atoms with Gasteiger partial charge in [0.05, 0.1) is 6.20 Å². The lowest BCUT2D eigenvalue weighted by Gasteiger charge is -2.26. The van der Waals surface area contributed by atoms with Crippen molar-refractivity contribution in [2.75, 3.05) is 0 Å². The Balaban J connectivity index is 1.50. The number of amides is 1. The lowest BCUT2D eigenvalue weighted by Crippen LogP contribution is -2.15. The molecule has 1 aliphatic rings. The van der Waals surface area contributed by atoms with E-state index in [0.717, 1.165) is 35.5 Å². The van der Waals surface area contributed by atoms with Gasteiger partial charge in [0.25, 0.3) is 11.1 Å². The van der Waals surface area contributed by atoms with E-state index in [4.69, 9.17) is 15.2 Å². The minimum Gasteiger partial charge on any atom is -0.485 e. The standard InChI is InChI=1S/C19H16N2O3S/c20-18(22)17-11-21-19(25-17)23-14-7-9-16-13(10-14)6-8-15(24-16)12-4-2-1-3-5-12/h1-5,7,9-11,15H,6,8H2,(H2,20,22). The van der Waals surface area contributed by atoms with Crippen LogP contribution in [-0.4, -0.2) is 10.9 Å². The molecule has 2 aromatic carbocycles. The highest BCUT2D eigenvalue weighted by Crippen LogP contribution is 2.37. The second kappa shape index (κ2) is 6.57. The number of nitrogens with two attached hydrogens (primary N) is 1. The summed E-state index contributed by atoms with van der Waals surface area (Å²) in [6, 6.07) is 16.0. The molecule has 0 aliphatic carbocycles. The van der Waals surface area contributed by atoms with Crippen LogP contribution in [0.15, 0.2) is 54.7 Å². The summed E-state index contributed by atoms with van der Waals surface area (Å²) < 4.78 is 11.9. The van der Waals surface area contributed by atoms with Crippen molar-refractivity contribution in [3.63, 3.8) is 0 Å². The van der Waals surface area contributed by atoms with E-state index in [1.165, 1.54) is 11.8 Å². The molecule has 0 radical (unpaired) electrons. The van der Waals surface area contributed by atoms with Gasteiger partial charge in [-0.25, -0.2) is 4.98 Å². The molecule has 0 saturated carbocycles. The van der Waals surface area contributed by atoms with Crippen LogP contribution >= 0.6 is 11.3 Å². The third-order valence-electron chi connectivity index (χ3n) is 4.08. The van der Waals surface area contributed by atoms with Crippen LogP contribution in [0, 0.1) is 0 Å². The maximum Gasteiger partial charge on any atom is 0.279 e. The van der Waals surface area contributed by atoms with Crippen molar-refractivity contribution in [3.8, 4) is 16.7 Å². The number of rotatable bonds is 4. The Kier molecular flexibility index (Phi) is 4.11. The van der Waals surface area contributed by atoms with Gasteiger partial charge in [-0.3, -0.25) is 4.79 Å². The molecule has 1 aliphatic heterocycles. The minimum absolute atomic E-state index is 0.0811. The van der Waals surface area contributed by atoms with Gasteiger partial charge < -0.3 is 15.2 Å². The van der Waals surface area contributed by atoms with Crippen molar-refractivity contribution in [1.82, 2.24) is 4.98 Å². The zero-order valence-electron chi connectivity index (χ0n) is 13.3. The van der Waals surface area contributed by atoms with Crippen LogP contribution in [0.3, 0.4) is 0 Å². The number of ether oxygens (including phenoxy) is 2. The smallest absolute Gasteiger partial charge is 0.279 e. The van der Waals surface area contributed by atoms with Gasteiger partial charge in [0.1, 0.15) is 22.5 Å². The van der Waals surface area contributed by atoms with E-state index in [-0.39, 0.29) is 6.10 Å². The van der Waals surface area contributed by atoms with Crippen LogP contribution in [-0.2, 0) is 6.42 Å². The molecule has 1 amide bonds. The van der Waals surface area contributed by atoms with Crippen LogP contribution in [0.25, 0.3) is 0 Å². The Bertz CT molecular complexity index is 908. The normalized spacial score (nSPS) is 15.9. The summed E-state index contributed by atoms with van der Waals surface area (Å²) in [4.78, 5) is 15.6. The van der Waals surface area contributed by atoms with Crippen LogP contribution < -0.4 is 15.2 Å². The molecule has 1 atom stereocenters. The number of carbonyl (C=O) groups excluding carboxylic acids is 1. The lowest BCUT2D eigenvalue weighted by molar-refractivity contribution is 0.100. The van der Waals surface area contributed by atoms with Crippen molar-refractivity contribution in [2.24, 2.45) is 5.73 Å². The van der Waals surface area contributed by atoms with Crippen LogP contribution in [0.2, 0.25) is 0 Å². The van der Waals surface area contributed by atoms with E-state index in [2.05, 4.69) is 17.1 Å². The Labute approximate surface area is 149 Å². The largest absolute Gasteiger partial charge is 0.485 e. The predicted molar refractivity (Wildman–Crippen MR) is 95.3 cm³/mol. The van der Waals surface area contributed by atoms with Crippen molar-refractivity contribution in [3.05, 3.63) is 70.7 Å². The van der Waals surface area contributed by atoms with Crippen LogP contribution in [0.5, 0.6) is 16.7 Å². The SMILES string of the molecule is NC(=O)c1cnc(Oc2ccc3c(c2)CCC(c2ccccc2)O3)s1. The summed E-state index contributed by atoms with van der Waals surface area (Å²) >= 11 is 1.13. The highest BCUT2D eigenvalue weighted by atomic mass is 32.1. The highest BCUT2D eigenvalue weighted by molar-refractivity contribution is 7.15. The van der Waals surface area contributed by atoms with Gasteiger partial charge in [0, 0.05) is 0 Å². The van der Waals surface area contributed by atoms with Crippen LogP contribution in [0.4, 0.5) is 0 Å². The Morgan fingerprint density at radius 1 is 1.24 bits per heavy atom. The number of nitrogens with zero attached hydrogens (tertiary/aromatic N) is 1. The van der Waals surface area contributed by atoms with Crippen molar-refractivity contribution in [1.29, 1.82) is 0 Å². The molecular formula is C19H16N2O3S. The average molecular weight is 352 g/mol. The van der Waals surface area contributed by atoms with E-state index in [0.29, 0.717) is 15.8 Å². The number of fused-ring (bicyclic) bond motifs is 1. The monoisotopic (exact) mass is 352 g/mol. The third kappa shape index (κ3) is 3.34. The predicted octanol–water partition coefficient (Wildman–Crippen LogP) is 4.10. The van der Waals surface area contributed by atoms with Gasteiger partial charge in [-0.05, 0) is 42.2 Å². The van der Waals surface area contributed by atoms with E-state index in [9.17, 15) is 4.79 Å². The summed E-state index contributed by atoms with van der Waals surface area (Å²) in [7, 11) is 0. The number of carbonyl (C=O) groups is 1. The average Bonchev–Trinajstić information content (AvgIpc) is 3.11. The number of aryl methyl sites for hydroxylation is 1. The summed E-state index contributed by atoms with van der Waals surface area (Å²) in [6.45, 7) is 0. The first kappa shape index (κ1) is 15.7. The first-order valence-corrected chi connectivity index (χ1v) is 8.79. The molecule has 3 aromatic rings. The zero-order chi connectivity index (χ0) is 17.2. The van der Waals surface area contributed by atoms with Gasteiger partial charge in [-0.2, -0.15) is 0 Å². The van der Waals surface area contributed by atoms with Gasteiger partial charge >= 0.3 is 0 Å². The molecule has 0 fully saturated rings. The van der Waals surface area contributed by atoms with Gasteiger partial charge in [-0.15, -0.1) is 0 Å². The van der Waals surface area contributed by atoms with Gasteiger partial charge in [0.2, 0.25) is 0 Å². The number of thiazole rings is 1. The first-order valence-electron chi connectivity index (χ1n) is 7.97. The molecule has 2 heterocycles. The zero-order valence-corrected chi connectivity index (χ0v) is 14.2. The second-order valence-electron chi connectivity index (χ2n) is 5.78. The lowest BCUT2D eigenvalue weighted by atomic mass is 9.97. The molecule has 1 unspecified atom stereocenters. The summed E-state index contributed by atoms with van der Waals surface area (Å²) in [5.41, 5.74) is 7.53. The molecule has 0 spiro atoms. The number of hydrogen-bond acceptors (Lipinski definition) is 5. The second-order valence-corrected chi connectivity index (χ2v) is 6.78. The van der Waals surface area contributed by atoms with E-state index >= 15 is 0 Å². The molecule has 1 aromatic heterocycles. The molecule has 5 nitrogen and oxygen atoms in total. The molecule has 126 valence electrons. The summed E-state index contributed by atoms with van der Waals surface area (Å²) in [5, 5.41) is 0.396. The summed E-state index contributed by atoms with van der Waals surface area (Å²) in [5.74, 6) is 1.05. The van der Waals surface area contributed by atoms with Gasteiger partial charge in [-0.1, -0.05) is 41.7 Å². The molecule has 0 bridgehead atoms. The fraction of sp³-hybridized carbons (Fsp3) is 0.158. The number of aromatic nitrogens is 1. The fourth-order valence-corrected chi connectivity index (χ4v) is 3.49. The van der Waals surface area contributed by atoms with E-state index in [1.807, 2.05) is 36.4 Å². The highest BCUT2D eigenvalue weighted by Gasteiger charge is 2.21. The minimum atomic E-state index is -0.502. The Hall–Kier alpha value is -2.86. The van der Waals surface area contributed by atoms with Crippen molar-refractivity contribution < 1.29 is 14.3 Å². The Morgan fingerprint density at radius 3 is 2.84 bits per heavy atom. The van der Waals surface area contributed by atoms with E-state index < -0.39 is 5.91 Å². The van der Waals surface area contributed by atoms with Crippen molar-refractivity contribution in [2.45, 2.75) is 18.9 Å². The molecule has 0 saturated heterocycles. The number of hydrogen-bond donors (Lipinski definition) is 1. The number of primary amides is 1. The maximum absolute atomic E-state index is 11.1. The summed E-state index contributed by atoms with van der Waals surface area (Å²) in [6.07, 6.45) is 3.34. The van der Waals surface area contributed by atoms with Gasteiger partial charge in [0.15, 0.2) is 0 Å².